The molecule has 0 heterocycles. The van der Waals surface area contributed by atoms with E-state index in [0.717, 1.165) is 18.8 Å². The normalized spacial score (nSPS) is 34.5. The summed E-state index contributed by atoms with van der Waals surface area (Å²) < 4.78 is 0. The highest BCUT2D eigenvalue weighted by Crippen LogP contribution is 2.45. The van der Waals surface area contributed by atoms with Crippen LogP contribution in [0.25, 0.3) is 0 Å². The van der Waals surface area contributed by atoms with Gasteiger partial charge < -0.3 is 0 Å². The van der Waals surface area contributed by atoms with Crippen LogP contribution in [0.4, 0.5) is 0 Å². The first kappa shape index (κ1) is 11.3. The molecule has 1 nitrogen and oxygen atoms in total. The Bertz CT molecular complexity index is 228. The van der Waals surface area contributed by atoms with E-state index in [4.69, 9.17) is 0 Å². The Morgan fingerprint density at radius 1 is 1.57 bits per heavy atom. The fourth-order valence-corrected chi connectivity index (χ4v) is 2.50. The molecule has 0 aliphatic heterocycles. The molecule has 0 aromatic heterocycles. The largest absolute Gasteiger partial charge is 0.198 e. The zero-order chi connectivity index (χ0) is 10.6. The van der Waals surface area contributed by atoms with Gasteiger partial charge >= 0.3 is 0 Å². The highest BCUT2D eigenvalue weighted by Gasteiger charge is 2.38. The number of hydrogen-bond acceptors (Lipinski definition) is 1. The maximum Gasteiger partial charge on any atom is 0.0695 e. The molecular formula is C13H21N. The quantitative estimate of drug-likeness (QED) is 0.620. The molecule has 1 rings (SSSR count). The molecule has 0 amide bonds. The number of nitriles is 1. The van der Waals surface area contributed by atoms with Gasteiger partial charge in [-0.25, -0.2) is 0 Å². The SMILES string of the molecule is C=CC(C)C1(C#N)CCC(CC)CC1. The van der Waals surface area contributed by atoms with Crippen LogP contribution in [0.2, 0.25) is 0 Å². The maximum absolute atomic E-state index is 9.30. The lowest BCUT2D eigenvalue weighted by molar-refractivity contribution is 0.165. The van der Waals surface area contributed by atoms with Crippen LogP contribution in [-0.4, -0.2) is 0 Å². The van der Waals surface area contributed by atoms with Crippen molar-refractivity contribution in [2.24, 2.45) is 17.3 Å². The zero-order valence-corrected chi connectivity index (χ0v) is 9.42. The summed E-state index contributed by atoms with van der Waals surface area (Å²) >= 11 is 0. The van der Waals surface area contributed by atoms with E-state index in [1.165, 1.54) is 19.3 Å². The topological polar surface area (TPSA) is 23.8 Å². The predicted molar refractivity (Wildman–Crippen MR) is 59.7 cm³/mol. The average molecular weight is 191 g/mol. The predicted octanol–water partition coefficient (Wildman–Crippen LogP) is 3.92. The molecule has 0 N–H and O–H groups in total. The Morgan fingerprint density at radius 2 is 2.14 bits per heavy atom. The average Bonchev–Trinajstić information content (AvgIpc) is 2.28. The van der Waals surface area contributed by atoms with E-state index in [0.29, 0.717) is 5.92 Å². The third-order valence-corrected chi connectivity index (χ3v) is 4.02. The van der Waals surface area contributed by atoms with Gasteiger partial charge in [0.2, 0.25) is 0 Å². The Morgan fingerprint density at radius 3 is 2.50 bits per heavy atom. The fourth-order valence-electron chi connectivity index (χ4n) is 2.50. The standard InChI is InChI=1S/C13H21N/c1-4-11(3)13(10-14)8-6-12(5-2)7-9-13/h4,11-12H,1,5-9H2,2-3H3. The van der Waals surface area contributed by atoms with Crippen molar-refractivity contribution < 1.29 is 0 Å². The van der Waals surface area contributed by atoms with Gasteiger partial charge in [-0.1, -0.05) is 26.3 Å². The van der Waals surface area contributed by atoms with Crippen LogP contribution in [0.5, 0.6) is 0 Å². The highest BCUT2D eigenvalue weighted by molar-refractivity contribution is 5.08. The van der Waals surface area contributed by atoms with Crippen molar-refractivity contribution in [3.63, 3.8) is 0 Å². The summed E-state index contributed by atoms with van der Waals surface area (Å²) in [6.07, 6.45) is 7.79. The van der Waals surface area contributed by atoms with E-state index in [1.807, 2.05) is 6.08 Å². The second kappa shape index (κ2) is 4.64. The molecule has 78 valence electrons. The number of rotatable bonds is 3. The molecule has 0 saturated heterocycles. The molecule has 1 saturated carbocycles. The van der Waals surface area contributed by atoms with Gasteiger partial charge in [-0.2, -0.15) is 5.26 Å². The summed E-state index contributed by atoms with van der Waals surface area (Å²) in [6.45, 7) is 8.20. The van der Waals surface area contributed by atoms with Gasteiger partial charge in [-0.05, 0) is 37.5 Å². The number of allylic oxidation sites excluding steroid dienone is 1. The van der Waals surface area contributed by atoms with Crippen LogP contribution < -0.4 is 0 Å². The van der Waals surface area contributed by atoms with Crippen molar-refractivity contribution in [3.8, 4) is 6.07 Å². The van der Waals surface area contributed by atoms with Crippen molar-refractivity contribution >= 4 is 0 Å². The summed E-state index contributed by atoms with van der Waals surface area (Å²) in [5.74, 6) is 1.19. The third-order valence-electron chi connectivity index (χ3n) is 4.02. The molecule has 14 heavy (non-hydrogen) atoms. The van der Waals surface area contributed by atoms with Crippen molar-refractivity contribution in [1.82, 2.24) is 0 Å². The Kier molecular flexibility index (Phi) is 3.75. The Balaban J connectivity index is 2.67. The molecule has 1 atom stereocenters. The van der Waals surface area contributed by atoms with E-state index >= 15 is 0 Å². The van der Waals surface area contributed by atoms with Gasteiger partial charge in [0.05, 0.1) is 11.5 Å². The van der Waals surface area contributed by atoms with Crippen LogP contribution in [0, 0.1) is 28.6 Å². The molecule has 0 bridgehead atoms. The molecule has 1 fully saturated rings. The second-order valence-electron chi connectivity index (χ2n) is 4.64. The van der Waals surface area contributed by atoms with Crippen LogP contribution in [0.1, 0.15) is 46.0 Å². The van der Waals surface area contributed by atoms with E-state index in [2.05, 4.69) is 26.5 Å². The van der Waals surface area contributed by atoms with Crippen LogP contribution in [0.3, 0.4) is 0 Å². The van der Waals surface area contributed by atoms with E-state index < -0.39 is 0 Å². The molecule has 1 unspecified atom stereocenters. The van der Waals surface area contributed by atoms with Crippen LogP contribution >= 0.6 is 0 Å². The number of hydrogen-bond donors (Lipinski definition) is 0. The lowest BCUT2D eigenvalue weighted by Crippen LogP contribution is -2.31. The molecular weight excluding hydrogens is 170 g/mol. The summed E-state index contributed by atoms with van der Waals surface area (Å²) in [4.78, 5) is 0. The van der Waals surface area contributed by atoms with Crippen LogP contribution in [-0.2, 0) is 0 Å². The van der Waals surface area contributed by atoms with Crippen molar-refractivity contribution in [2.45, 2.75) is 46.0 Å². The maximum atomic E-state index is 9.30. The van der Waals surface area contributed by atoms with Gasteiger partial charge in [0.25, 0.3) is 0 Å². The van der Waals surface area contributed by atoms with E-state index in [9.17, 15) is 5.26 Å². The van der Waals surface area contributed by atoms with Gasteiger partial charge in [0.1, 0.15) is 0 Å². The highest BCUT2D eigenvalue weighted by atomic mass is 14.4. The lowest BCUT2D eigenvalue weighted by Gasteiger charge is -2.37. The van der Waals surface area contributed by atoms with E-state index in [-0.39, 0.29) is 5.41 Å². The van der Waals surface area contributed by atoms with Crippen molar-refractivity contribution in [3.05, 3.63) is 12.7 Å². The number of nitrogens with zero attached hydrogens (tertiary/aromatic N) is 1. The molecule has 0 aromatic carbocycles. The zero-order valence-electron chi connectivity index (χ0n) is 9.42. The Labute approximate surface area is 87.8 Å². The molecule has 0 aromatic rings. The molecule has 1 heteroatoms. The van der Waals surface area contributed by atoms with Crippen LogP contribution in [0.15, 0.2) is 12.7 Å². The smallest absolute Gasteiger partial charge is 0.0695 e. The van der Waals surface area contributed by atoms with E-state index in [1.54, 1.807) is 0 Å². The lowest BCUT2D eigenvalue weighted by atomic mass is 9.64. The van der Waals surface area contributed by atoms with Crippen molar-refractivity contribution in [2.75, 3.05) is 0 Å². The molecule has 0 radical (unpaired) electrons. The van der Waals surface area contributed by atoms with Gasteiger partial charge in [-0.3, -0.25) is 0 Å². The van der Waals surface area contributed by atoms with Gasteiger partial charge in [0, 0.05) is 0 Å². The summed E-state index contributed by atoms with van der Waals surface area (Å²) in [5, 5.41) is 9.30. The summed E-state index contributed by atoms with van der Waals surface area (Å²) in [5.41, 5.74) is -0.104. The summed E-state index contributed by atoms with van der Waals surface area (Å²) in [7, 11) is 0. The monoisotopic (exact) mass is 191 g/mol. The molecule has 1 aliphatic rings. The minimum Gasteiger partial charge on any atom is -0.198 e. The first-order chi connectivity index (χ1) is 6.68. The molecule has 0 spiro atoms. The molecule has 1 aliphatic carbocycles. The van der Waals surface area contributed by atoms with Gasteiger partial charge in [-0.15, -0.1) is 6.58 Å². The fraction of sp³-hybridized carbons (Fsp3) is 0.769. The third kappa shape index (κ3) is 2.00. The summed E-state index contributed by atoms with van der Waals surface area (Å²) in [6, 6.07) is 2.54. The van der Waals surface area contributed by atoms with Crippen molar-refractivity contribution in [1.29, 1.82) is 5.26 Å². The first-order valence-electron chi connectivity index (χ1n) is 5.72. The minimum absolute atomic E-state index is 0.104. The minimum atomic E-state index is -0.104. The second-order valence-corrected chi connectivity index (χ2v) is 4.64. The first-order valence-corrected chi connectivity index (χ1v) is 5.72. The van der Waals surface area contributed by atoms with Gasteiger partial charge in [0.15, 0.2) is 0 Å². The Hall–Kier alpha value is -0.770.